The van der Waals surface area contributed by atoms with Crippen LogP contribution in [0.5, 0.6) is 0 Å². The number of carbonyl (C=O) groups is 1. The van der Waals surface area contributed by atoms with Gasteiger partial charge in [0.2, 0.25) is 0 Å². The van der Waals surface area contributed by atoms with Crippen LogP contribution in [-0.4, -0.2) is 10.8 Å². The molecule has 0 atom stereocenters. The van der Waals surface area contributed by atoms with Crippen LogP contribution in [0.2, 0.25) is 0 Å². The third-order valence-electron chi connectivity index (χ3n) is 2.81. The van der Waals surface area contributed by atoms with Gasteiger partial charge in [-0.1, -0.05) is 12.1 Å². The summed E-state index contributed by atoms with van der Waals surface area (Å²) in [6.07, 6.45) is 0. The van der Waals surface area contributed by atoms with Crippen LogP contribution in [0.4, 0.5) is 11.4 Å². The normalized spacial score (nSPS) is 10.1. The molecule has 0 aliphatic rings. The highest BCUT2D eigenvalue weighted by Crippen LogP contribution is 2.22. The second-order valence-electron chi connectivity index (χ2n) is 4.23. The lowest BCUT2D eigenvalue weighted by Gasteiger charge is -2.08. The molecule has 0 saturated heterocycles. The third-order valence-corrected chi connectivity index (χ3v) is 3.20. The second-order valence-corrected chi connectivity index (χ2v) is 4.71. The van der Waals surface area contributed by atoms with Crippen molar-refractivity contribution in [2.75, 3.05) is 5.32 Å². The smallest absolute Gasteiger partial charge is 0.272 e. The lowest BCUT2D eigenvalue weighted by Crippen LogP contribution is -2.12. The summed E-state index contributed by atoms with van der Waals surface area (Å²) in [5.74, 6) is -0.329. The minimum Gasteiger partial charge on any atom is -0.321 e. The molecule has 0 fully saturated rings. The summed E-state index contributed by atoms with van der Waals surface area (Å²) < 4.78 is 0. The van der Waals surface area contributed by atoms with Crippen molar-refractivity contribution >= 4 is 29.9 Å². The summed E-state index contributed by atoms with van der Waals surface area (Å²) in [4.78, 5) is 23.0. The highest BCUT2D eigenvalue weighted by Gasteiger charge is 2.14. The zero-order valence-electron chi connectivity index (χ0n) is 10.7. The molecule has 1 N–H and O–H groups in total. The summed E-state index contributed by atoms with van der Waals surface area (Å²) in [6, 6.07) is 11.4. The Morgan fingerprint density at radius 3 is 2.55 bits per heavy atom. The fourth-order valence-corrected chi connectivity index (χ4v) is 1.99. The zero-order chi connectivity index (χ0) is 14.7. The number of nitro groups is 1. The lowest BCUT2D eigenvalue weighted by molar-refractivity contribution is -0.385. The average molecular weight is 288 g/mol. The van der Waals surface area contributed by atoms with E-state index in [9.17, 15) is 14.9 Å². The first-order valence-electron chi connectivity index (χ1n) is 5.83. The number of nitro benzene ring substituents is 1. The summed E-state index contributed by atoms with van der Waals surface area (Å²) >= 11 is 4.24. The minimum absolute atomic E-state index is 0.00357. The number of aryl methyl sites for hydroxylation is 1. The first-order chi connectivity index (χ1) is 9.49. The fourth-order valence-electron chi connectivity index (χ4n) is 1.78. The number of nitrogens with one attached hydrogen (secondary N) is 1. The van der Waals surface area contributed by atoms with Gasteiger partial charge in [-0.3, -0.25) is 14.9 Å². The molecule has 0 unspecified atom stereocenters. The number of thiol groups is 1. The quantitative estimate of drug-likeness (QED) is 0.516. The Hall–Kier alpha value is -2.34. The predicted molar refractivity (Wildman–Crippen MR) is 79.5 cm³/mol. The van der Waals surface area contributed by atoms with Gasteiger partial charge in [0, 0.05) is 22.1 Å². The number of nitrogens with zero attached hydrogens (tertiary/aromatic N) is 1. The van der Waals surface area contributed by atoms with Crippen molar-refractivity contribution < 1.29 is 9.72 Å². The molecule has 0 aliphatic heterocycles. The highest BCUT2D eigenvalue weighted by atomic mass is 32.1. The van der Waals surface area contributed by atoms with E-state index in [1.807, 2.05) is 6.07 Å². The molecule has 2 rings (SSSR count). The number of rotatable bonds is 3. The predicted octanol–water partition coefficient (Wildman–Crippen LogP) is 3.44. The van der Waals surface area contributed by atoms with E-state index in [0.29, 0.717) is 21.7 Å². The van der Waals surface area contributed by atoms with Crippen LogP contribution < -0.4 is 5.32 Å². The Morgan fingerprint density at radius 2 is 1.95 bits per heavy atom. The second kappa shape index (κ2) is 5.75. The van der Waals surface area contributed by atoms with E-state index in [1.54, 1.807) is 25.1 Å². The third kappa shape index (κ3) is 2.97. The Labute approximate surface area is 121 Å². The van der Waals surface area contributed by atoms with E-state index in [2.05, 4.69) is 17.9 Å². The topological polar surface area (TPSA) is 72.2 Å². The zero-order valence-corrected chi connectivity index (χ0v) is 11.6. The van der Waals surface area contributed by atoms with Gasteiger partial charge in [-0.05, 0) is 31.2 Å². The number of carbonyl (C=O) groups excluding carboxylic acids is 1. The Morgan fingerprint density at radius 1 is 1.25 bits per heavy atom. The lowest BCUT2D eigenvalue weighted by atomic mass is 10.1. The molecule has 0 bridgehead atoms. The summed E-state index contributed by atoms with van der Waals surface area (Å²) in [6.45, 7) is 1.60. The van der Waals surface area contributed by atoms with Crippen molar-refractivity contribution in [2.45, 2.75) is 11.8 Å². The number of anilines is 1. The maximum absolute atomic E-state index is 12.1. The van der Waals surface area contributed by atoms with Crippen LogP contribution in [0.25, 0.3) is 0 Å². The molecule has 2 aromatic rings. The molecule has 0 heterocycles. The number of para-hydroxylation sites is 1. The molecule has 0 saturated carbocycles. The van der Waals surface area contributed by atoms with Crippen LogP contribution in [0.1, 0.15) is 15.9 Å². The van der Waals surface area contributed by atoms with Gasteiger partial charge in [-0.2, -0.15) is 0 Å². The SMILES string of the molecule is Cc1cc(C(=O)Nc2ccccc2S)ccc1[N+](=O)[O-]. The van der Waals surface area contributed by atoms with Crippen molar-refractivity contribution in [1.29, 1.82) is 0 Å². The van der Waals surface area contributed by atoms with Gasteiger partial charge in [0.1, 0.15) is 0 Å². The molecule has 2 aromatic carbocycles. The van der Waals surface area contributed by atoms with Gasteiger partial charge in [-0.25, -0.2) is 0 Å². The molecule has 0 radical (unpaired) electrons. The Kier molecular flexibility index (Phi) is 4.05. The van der Waals surface area contributed by atoms with E-state index in [-0.39, 0.29) is 11.6 Å². The largest absolute Gasteiger partial charge is 0.321 e. The van der Waals surface area contributed by atoms with E-state index in [0.717, 1.165) is 0 Å². The first kappa shape index (κ1) is 14.1. The van der Waals surface area contributed by atoms with Crippen molar-refractivity contribution in [1.82, 2.24) is 0 Å². The summed E-state index contributed by atoms with van der Waals surface area (Å²) in [7, 11) is 0. The molecule has 0 aromatic heterocycles. The monoisotopic (exact) mass is 288 g/mol. The molecular weight excluding hydrogens is 276 g/mol. The molecule has 102 valence electrons. The molecular formula is C14H12N2O3S. The molecule has 0 aliphatic carbocycles. The van der Waals surface area contributed by atoms with Crippen LogP contribution >= 0.6 is 12.6 Å². The van der Waals surface area contributed by atoms with Crippen molar-refractivity contribution in [2.24, 2.45) is 0 Å². The van der Waals surface area contributed by atoms with E-state index in [1.165, 1.54) is 18.2 Å². The van der Waals surface area contributed by atoms with Crippen LogP contribution in [-0.2, 0) is 0 Å². The Bertz CT molecular complexity index is 686. The standard InChI is InChI=1S/C14H12N2O3S/c1-9-8-10(6-7-12(9)16(18)19)14(17)15-11-4-2-3-5-13(11)20/h2-8,20H,1H3,(H,15,17). The molecule has 0 spiro atoms. The van der Waals surface area contributed by atoms with Gasteiger partial charge in [0.25, 0.3) is 11.6 Å². The van der Waals surface area contributed by atoms with E-state index in [4.69, 9.17) is 0 Å². The van der Waals surface area contributed by atoms with Gasteiger partial charge < -0.3 is 5.32 Å². The van der Waals surface area contributed by atoms with Crippen LogP contribution in [0.3, 0.4) is 0 Å². The molecule has 5 nitrogen and oxygen atoms in total. The van der Waals surface area contributed by atoms with Crippen molar-refractivity contribution in [3.8, 4) is 0 Å². The summed E-state index contributed by atoms with van der Waals surface area (Å²) in [5, 5.41) is 13.5. The van der Waals surface area contributed by atoms with E-state index >= 15 is 0 Å². The first-order valence-corrected chi connectivity index (χ1v) is 6.28. The number of hydrogen-bond donors (Lipinski definition) is 2. The van der Waals surface area contributed by atoms with Gasteiger partial charge >= 0.3 is 0 Å². The molecule has 1 amide bonds. The highest BCUT2D eigenvalue weighted by molar-refractivity contribution is 7.80. The maximum Gasteiger partial charge on any atom is 0.272 e. The van der Waals surface area contributed by atoms with E-state index < -0.39 is 4.92 Å². The average Bonchev–Trinajstić information content (AvgIpc) is 2.40. The molecule has 20 heavy (non-hydrogen) atoms. The summed E-state index contributed by atoms with van der Waals surface area (Å²) in [5.41, 5.74) is 1.40. The maximum atomic E-state index is 12.1. The van der Waals surface area contributed by atoms with Gasteiger partial charge in [-0.15, -0.1) is 12.6 Å². The van der Waals surface area contributed by atoms with Crippen LogP contribution in [0, 0.1) is 17.0 Å². The van der Waals surface area contributed by atoms with Gasteiger partial charge in [0.05, 0.1) is 10.6 Å². The number of benzene rings is 2. The molecule has 6 heteroatoms. The van der Waals surface area contributed by atoms with Crippen molar-refractivity contribution in [3.05, 3.63) is 63.7 Å². The Balaban J connectivity index is 2.24. The van der Waals surface area contributed by atoms with Crippen molar-refractivity contribution in [3.63, 3.8) is 0 Å². The minimum atomic E-state index is -0.472. The number of hydrogen-bond acceptors (Lipinski definition) is 4. The fraction of sp³-hybridized carbons (Fsp3) is 0.0714. The number of amides is 1. The van der Waals surface area contributed by atoms with Gasteiger partial charge in [0.15, 0.2) is 0 Å². The van der Waals surface area contributed by atoms with Crippen LogP contribution in [0.15, 0.2) is 47.4 Å².